The average molecular weight is 387 g/mol. The molecule has 146 valence electrons. The summed E-state index contributed by atoms with van der Waals surface area (Å²) in [6, 6.07) is 18.8. The number of amides is 1. The first kappa shape index (κ1) is 18.8. The highest BCUT2D eigenvalue weighted by molar-refractivity contribution is 6.09. The number of benzene rings is 2. The predicted octanol–water partition coefficient (Wildman–Crippen LogP) is 3.54. The number of carbonyl (C=O) groups excluding carboxylic acids is 2. The molecule has 1 aliphatic rings. The summed E-state index contributed by atoms with van der Waals surface area (Å²) in [7, 11) is 1.77. The standard InChI is InChI=1S/C23H21N3O3/c1-23(22(28)25-21(29-23)17-11-7-4-8-12-17)18(16-9-5-3-6-10-16)15-19(27)20-24-13-14-26(20)2/h3-14,18H,15H2,1-2H3/t18-,23+/m1/s1. The average Bonchev–Trinajstić information content (AvgIpc) is 3.31. The number of aliphatic imine (C=N–C) groups is 1. The minimum Gasteiger partial charge on any atom is -0.460 e. The number of hydrogen-bond acceptors (Lipinski definition) is 4. The van der Waals surface area contributed by atoms with Crippen LogP contribution in [0.3, 0.4) is 0 Å². The van der Waals surface area contributed by atoms with Crippen molar-refractivity contribution in [1.82, 2.24) is 9.55 Å². The number of Topliss-reactive ketones (excluding diaryl/α,β-unsaturated/α-hetero) is 1. The molecule has 1 aromatic heterocycles. The van der Waals surface area contributed by atoms with Crippen molar-refractivity contribution in [2.24, 2.45) is 12.0 Å². The summed E-state index contributed by atoms with van der Waals surface area (Å²) in [5.74, 6) is -0.423. The Morgan fingerprint density at radius 1 is 1.10 bits per heavy atom. The van der Waals surface area contributed by atoms with Crippen molar-refractivity contribution >= 4 is 17.6 Å². The lowest BCUT2D eigenvalue weighted by molar-refractivity contribution is -0.131. The van der Waals surface area contributed by atoms with Gasteiger partial charge in [-0.3, -0.25) is 9.59 Å². The van der Waals surface area contributed by atoms with Gasteiger partial charge in [0.05, 0.1) is 0 Å². The van der Waals surface area contributed by atoms with Crippen molar-refractivity contribution in [2.75, 3.05) is 0 Å². The van der Waals surface area contributed by atoms with Crippen molar-refractivity contribution in [3.05, 3.63) is 90.0 Å². The lowest BCUT2D eigenvalue weighted by Crippen LogP contribution is -2.41. The summed E-state index contributed by atoms with van der Waals surface area (Å²) >= 11 is 0. The third-order valence-electron chi connectivity index (χ3n) is 5.28. The quantitative estimate of drug-likeness (QED) is 0.607. The summed E-state index contributed by atoms with van der Waals surface area (Å²) in [5, 5.41) is 0. The van der Waals surface area contributed by atoms with Crippen LogP contribution < -0.4 is 0 Å². The van der Waals surface area contributed by atoms with Gasteiger partial charge in [0, 0.05) is 37.3 Å². The summed E-state index contributed by atoms with van der Waals surface area (Å²) in [4.78, 5) is 34.3. The molecule has 0 N–H and O–H groups in total. The van der Waals surface area contributed by atoms with E-state index in [1.807, 2.05) is 60.7 Å². The molecule has 0 radical (unpaired) electrons. The monoisotopic (exact) mass is 387 g/mol. The van der Waals surface area contributed by atoms with E-state index in [-0.39, 0.29) is 18.1 Å². The second-order valence-corrected chi connectivity index (χ2v) is 7.25. The maximum Gasteiger partial charge on any atom is 0.293 e. The summed E-state index contributed by atoms with van der Waals surface area (Å²) in [6.07, 6.45) is 3.38. The second-order valence-electron chi connectivity index (χ2n) is 7.25. The largest absolute Gasteiger partial charge is 0.460 e. The van der Waals surface area contributed by atoms with Crippen molar-refractivity contribution < 1.29 is 14.3 Å². The molecule has 29 heavy (non-hydrogen) atoms. The molecule has 0 saturated heterocycles. The van der Waals surface area contributed by atoms with Gasteiger partial charge in [0.25, 0.3) is 5.91 Å². The third kappa shape index (κ3) is 3.49. The number of rotatable bonds is 6. The van der Waals surface area contributed by atoms with E-state index in [9.17, 15) is 9.59 Å². The first-order valence-corrected chi connectivity index (χ1v) is 9.42. The molecule has 3 aromatic rings. The highest BCUT2D eigenvalue weighted by atomic mass is 16.5. The van der Waals surface area contributed by atoms with Gasteiger partial charge in [-0.1, -0.05) is 48.5 Å². The molecule has 2 atom stereocenters. The van der Waals surface area contributed by atoms with Gasteiger partial charge in [-0.25, -0.2) is 4.98 Å². The van der Waals surface area contributed by atoms with Crippen LogP contribution in [0, 0.1) is 0 Å². The Kier molecular flexibility index (Phi) is 4.84. The SMILES string of the molecule is Cn1ccnc1C(=O)C[C@H](c1ccccc1)[C@]1(C)OC(c2ccccc2)=NC1=O. The van der Waals surface area contributed by atoms with E-state index in [0.717, 1.165) is 11.1 Å². The van der Waals surface area contributed by atoms with Gasteiger partial charge in [-0.05, 0) is 24.6 Å². The van der Waals surface area contributed by atoms with Gasteiger partial charge in [0.15, 0.2) is 17.2 Å². The maximum absolute atomic E-state index is 13.0. The maximum atomic E-state index is 13.0. The number of ketones is 1. The topological polar surface area (TPSA) is 73.6 Å². The molecule has 1 aliphatic heterocycles. The summed E-state index contributed by atoms with van der Waals surface area (Å²) in [6.45, 7) is 1.71. The van der Waals surface area contributed by atoms with E-state index in [4.69, 9.17) is 4.74 Å². The molecule has 0 fully saturated rings. The van der Waals surface area contributed by atoms with E-state index in [0.29, 0.717) is 5.82 Å². The molecular formula is C23H21N3O3. The fraction of sp³-hybridized carbons (Fsp3) is 0.217. The van der Waals surface area contributed by atoms with E-state index < -0.39 is 17.4 Å². The molecular weight excluding hydrogens is 366 g/mol. The zero-order valence-electron chi connectivity index (χ0n) is 16.3. The van der Waals surface area contributed by atoms with Gasteiger partial charge in [0.2, 0.25) is 5.90 Å². The molecule has 0 unspecified atom stereocenters. The van der Waals surface area contributed by atoms with Gasteiger partial charge in [-0.2, -0.15) is 4.99 Å². The van der Waals surface area contributed by atoms with Gasteiger partial charge < -0.3 is 9.30 Å². The molecule has 6 heteroatoms. The van der Waals surface area contributed by atoms with Gasteiger partial charge in [-0.15, -0.1) is 0 Å². The lowest BCUT2D eigenvalue weighted by atomic mass is 9.79. The number of ether oxygens (including phenoxy) is 1. The molecule has 2 aromatic carbocycles. The van der Waals surface area contributed by atoms with Crippen LogP contribution in [0.15, 0.2) is 78.0 Å². The van der Waals surface area contributed by atoms with Crippen LogP contribution in [0.1, 0.15) is 41.0 Å². The van der Waals surface area contributed by atoms with E-state index >= 15 is 0 Å². The molecule has 0 aliphatic carbocycles. The number of nitrogens with zero attached hydrogens (tertiary/aromatic N) is 3. The summed E-state index contributed by atoms with van der Waals surface area (Å²) in [5.41, 5.74) is 0.287. The number of carbonyl (C=O) groups is 2. The van der Waals surface area contributed by atoms with Crippen LogP contribution in [0.5, 0.6) is 0 Å². The van der Waals surface area contributed by atoms with Crippen LogP contribution >= 0.6 is 0 Å². The minimum absolute atomic E-state index is 0.0781. The molecule has 0 spiro atoms. The fourth-order valence-corrected chi connectivity index (χ4v) is 3.62. The lowest BCUT2D eigenvalue weighted by Gasteiger charge is -2.31. The third-order valence-corrected chi connectivity index (χ3v) is 5.28. The molecule has 4 rings (SSSR count). The van der Waals surface area contributed by atoms with Crippen molar-refractivity contribution in [1.29, 1.82) is 0 Å². The van der Waals surface area contributed by atoms with Crippen LogP contribution in [0.2, 0.25) is 0 Å². The van der Waals surface area contributed by atoms with Crippen LogP contribution in [0.25, 0.3) is 0 Å². The fourth-order valence-electron chi connectivity index (χ4n) is 3.62. The predicted molar refractivity (Wildman–Crippen MR) is 109 cm³/mol. The summed E-state index contributed by atoms with van der Waals surface area (Å²) < 4.78 is 7.81. The minimum atomic E-state index is -1.28. The van der Waals surface area contributed by atoms with Crippen molar-refractivity contribution in [2.45, 2.75) is 24.9 Å². The Hall–Kier alpha value is -3.54. The molecule has 0 bridgehead atoms. The van der Waals surface area contributed by atoms with Crippen LogP contribution in [-0.2, 0) is 16.6 Å². The Morgan fingerprint density at radius 3 is 2.38 bits per heavy atom. The smallest absolute Gasteiger partial charge is 0.293 e. The molecule has 1 amide bonds. The van der Waals surface area contributed by atoms with Crippen molar-refractivity contribution in [3.63, 3.8) is 0 Å². The van der Waals surface area contributed by atoms with E-state index in [1.165, 1.54) is 0 Å². The molecule has 6 nitrogen and oxygen atoms in total. The normalized spacial score (nSPS) is 19.5. The molecule has 2 heterocycles. The van der Waals surface area contributed by atoms with Crippen molar-refractivity contribution in [3.8, 4) is 0 Å². The van der Waals surface area contributed by atoms with Gasteiger partial charge in [0.1, 0.15) is 0 Å². The highest BCUT2D eigenvalue weighted by Crippen LogP contribution is 2.40. The van der Waals surface area contributed by atoms with Gasteiger partial charge >= 0.3 is 0 Å². The number of imidazole rings is 1. The van der Waals surface area contributed by atoms with Crippen LogP contribution in [0.4, 0.5) is 0 Å². The highest BCUT2D eigenvalue weighted by Gasteiger charge is 2.50. The zero-order valence-corrected chi connectivity index (χ0v) is 16.3. The van der Waals surface area contributed by atoms with E-state index in [2.05, 4.69) is 9.98 Å². The Labute approximate surface area is 168 Å². The Bertz CT molecular complexity index is 1070. The second kappa shape index (κ2) is 7.47. The van der Waals surface area contributed by atoms with E-state index in [1.54, 1.807) is 30.9 Å². The number of hydrogen-bond donors (Lipinski definition) is 0. The Balaban J connectivity index is 1.69. The Morgan fingerprint density at radius 2 is 1.76 bits per heavy atom. The van der Waals surface area contributed by atoms with Crippen LogP contribution in [-0.4, -0.2) is 32.7 Å². The number of aryl methyl sites for hydroxylation is 1. The number of aromatic nitrogens is 2. The first-order valence-electron chi connectivity index (χ1n) is 9.42. The molecule has 0 saturated carbocycles. The zero-order chi connectivity index (χ0) is 20.4. The first-order chi connectivity index (χ1) is 14.0.